The van der Waals surface area contributed by atoms with Crippen LogP contribution in [0.5, 0.6) is 5.75 Å². The molecule has 0 aliphatic heterocycles. The highest BCUT2D eigenvalue weighted by Gasteiger charge is 2.14. The van der Waals surface area contributed by atoms with Crippen molar-refractivity contribution < 1.29 is 14.3 Å². The molecular formula is C18H18N4O3. The number of para-hydroxylation sites is 1. The summed E-state index contributed by atoms with van der Waals surface area (Å²) in [6, 6.07) is 12.8. The number of carbonyl (C=O) groups excluding carboxylic acids is 2. The van der Waals surface area contributed by atoms with Gasteiger partial charge in [-0.15, -0.1) is 0 Å². The third-order valence-corrected chi connectivity index (χ3v) is 3.85. The number of benzene rings is 2. The van der Waals surface area contributed by atoms with Gasteiger partial charge in [0.1, 0.15) is 5.75 Å². The minimum atomic E-state index is -0.503. The van der Waals surface area contributed by atoms with E-state index in [1.54, 1.807) is 12.1 Å². The van der Waals surface area contributed by atoms with Crippen LogP contribution in [0.15, 0.2) is 42.5 Å². The lowest BCUT2D eigenvalue weighted by Crippen LogP contribution is -2.44. The highest BCUT2D eigenvalue weighted by atomic mass is 16.5. The van der Waals surface area contributed by atoms with Crippen LogP contribution in [0.1, 0.15) is 21.6 Å². The summed E-state index contributed by atoms with van der Waals surface area (Å²) in [7, 11) is 0. The Morgan fingerprint density at radius 2 is 1.88 bits per heavy atom. The van der Waals surface area contributed by atoms with Crippen LogP contribution in [0.4, 0.5) is 0 Å². The molecule has 0 saturated carbocycles. The van der Waals surface area contributed by atoms with Crippen molar-refractivity contribution in [2.24, 2.45) is 0 Å². The van der Waals surface area contributed by atoms with Crippen LogP contribution in [0.25, 0.3) is 10.9 Å². The lowest BCUT2D eigenvalue weighted by Gasteiger charge is -2.09. The first-order valence-electron chi connectivity index (χ1n) is 7.77. The smallest absolute Gasteiger partial charge is 0.290 e. The van der Waals surface area contributed by atoms with E-state index in [1.807, 2.05) is 44.2 Å². The number of aromatic nitrogens is 2. The second-order valence-corrected chi connectivity index (χ2v) is 5.65. The van der Waals surface area contributed by atoms with Crippen molar-refractivity contribution in [3.8, 4) is 5.75 Å². The van der Waals surface area contributed by atoms with Crippen LogP contribution in [0, 0.1) is 13.8 Å². The SMILES string of the molecule is Cc1ccc(OCC(=O)NNC(=O)c2n[nH]c3ccccc23)cc1C. The zero-order valence-electron chi connectivity index (χ0n) is 13.9. The van der Waals surface area contributed by atoms with Crippen molar-refractivity contribution in [3.63, 3.8) is 0 Å². The average molecular weight is 338 g/mol. The summed E-state index contributed by atoms with van der Waals surface area (Å²) in [6.07, 6.45) is 0. The maximum atomic E-state index is 12.1. The predicted molar refractivity (Wildman–Crippen MR) is 93.1 cm³/mol. The summed E-state index contributed by atoms with van der Waals surface area (Å²) < 4.78 is 5.41. The Hall–Kier alpha value is -3.35. The van der Waals surface area contributed by atoms with E-state index in [-0.39, 0.29) is 12.3 Å². The fourth-order valence-electron chi connectivity index (χ4n) is 2.31. The van der Waals surface area contributed by atoms with E-state index in [2.05, 4.69) is 21.0 Å². The molecule has 0 aliphatic carbocycles. The molecule has 0 radical (unpaired) electrons. The van der Waals surface area contributed by atoms with Gasteiger partial charge in [0.05, 0.1) is 5.52 Å². The molecule has 1 heterocycles. The maximum absolute atomic E-state index is 12.1. The lowest BCUT2D eigenvalue weighted by atomic mass is 10.1. The van der Waals surface area contributed by atoms with Crippen LogP contribution < -0.4 is 15.6 Å². The molecular weight excluding hydrogens is 320 g/mol. The molecule has 3 rings (SSSR count). The van der Waals surface area contributed by atoms with Gasteiger partial charge in [0.2, 0.25) is 0 Å². The van der Waals surface area contributed by atoms with Crippen LogP contribution >= 0.6 is 0 Å². The summed E-state index contributed by atoms with van der Waals surface area (Å²) in [6.45, 7) is 3.76. The fourth-order valence-corrected chi connectivity index (χ4v) is 2.31. The molecule has 0 unspecified atom stereocenters. The van der Waals surface area contributed by atoms with Gasteiger partial charge in [-0.05, 0) is 43.2 Å². The first-order valence-corrected chi connectivity index (χ1v) is 7.77. The standard InChI is InChI=1S/C18H18N4O3/c1-11-7-8-13(9-12(11)2)25-10-16(23)20-22-18(24)17-14-5-3-4-6-15(14)19-21-17/h3-9H,10H2,1-2H3,(H,19,21)(H,20,23)(H,22,24). The first kappa shape index (κ1) is 16.5. The van der Waals surface area contributed by atoms with Crippen molar-refractivity contribution in [2.75, 3.05) is 6.61 Å². The van der Waals surface area contributed by atoms with Crippen molar-refractivity contribution in [1.29, 1.82) is 0 Å². The number of hydrogen-bond donors (Lipinski definition) is 3. The van der Waals surface area contributed by atoms with Gasteiger partial charge in [0.25, 0.3) is 11.8 Å². The minimum Gasteiger partial charge on any atom is -0.484 e. The normalized spacial score (nSPS) is 10.5. The number of rotatable bonds is 4. The van der Waals surface area contributed by atoms with Gasteiger partial charge >= 0.3 is 0 Å². The van der Waals surface area contributed by atoms with Crippen molar-refractivity contribution in [1.82, 2.24) is 21.0 Å². The third kappa shape index (κ3) is 3.77. The number of hydrogen-bond acceptors (Lipinski definition) is 4. The number of aryl methyl sites for hydroxylation is 2. The molecule has 0 spiro atoms. The molecule has 1 aromatic heterocycles. The topological polar surface area (TPSA) is 96.1 Å². The van der Waals surface area contributed by atoms with Crippen LogP contribution in [0.2, 0.25) is 0 Å². The Balaban J connectivity index is 1.53. The highest BCUT2D eigenvalue weighted by Crippen LogP contribution is 2.16. The Morgan fingerprint density at radius 1 is 1.08 bits per heavy atom. The molecule has 0 bridgehead atoms. The number of H-pyrrole nitrogens is 1. The molecule has 7 nitrogen and oxygen atoms in total. The van der Waals surface area contributed by atoms with Gasteiger partial charge in [0, 0.05) is 5.39 Å². The zero-order chi connectivity index (χ0) is 17.8. The van der Waals surface area contributed by atoms with E-state index in [1.165, 1.54) is 0 Å². The van der Waals surface area contributed by atoms with Gasteiger partial charge in [0.15, 0.2) is 12.3 Å². The quantitative estimate of drug-likeness (QED) is 0.634. The number of carbonyl (C=O) groups is 2. The van der Waals surface area contributed by atoms with Crippen LogP contribution in [-0.4, -0.2) is 28.6 Å². The van der Waals surface area contributed by atoms with E-state index in [0.717, 1.165) is 16.6 Å². The van der Waals surface area contributed by atoms with Crippen molar-refractivity contribution >= 4 is 22.7 Å². The Morgan fingerprint density at radius 3 is 2.68 bits per heavy atom. The Bertz CT molecular complexity index is 933. The number of ether oxygens (including phenoxy) is 1. The molecule has 0 fully saturated rings. The number of nitrogens with zero attached hydrogens (tertiary/aromatic N) is 1. The summed E-state index contributed by atoms with van der Waals surface area (Å²) in [5.74, 6) is -0.369. The third-order valence-electron chi connectivity index (χ3n) is 3.85. The van der Waals surface area contributed by atoms with E-state index in [4.69, 9.17) is 4.74 Å². The maximum Gasteiger partial charge on any atom is 0.290 e. The molecule has 2 amide bonds. The number of amides is 2. The number of aromatic amines is 1. The molecule has 25 heavy (non-hydrogen) atoms. The van der Waals surface area contributed by atoms with E-state index in [0.29, 0.717) is 11.1 Å². The van der Waals surface area contributed by atoms with E-state index in [9.17, 15) is 9.59 Å². The minimum absolute atomic E-state index is 0.204. The average Bonchev–Trinajstić information content (AvgIpc) is 3.05. The molecule has 0 atom stereocenters. The first-order chi connectivity index (χ1) is 12.0. The molecule has 7 heteroatoms. The fraction of sp³-hybridized carbons (Fsp3) is 0.167. The largest absolute Gasteiger partial charge is 0.484 e. The summed E-state index contributed by atoms with van der Waals surface area (Å²) in [5, 5.41) is 7.41. The summed E-state index contributed by atoms with van der Waals surface area (Å²) in [4.78, 5) is 24.0. The number of hydrazine groups is 1. The summed E-state index contributed by atoms with van der Waals surface area (Å²) in [5.41, 5.74) is 7.84. The van der Waals surface area contributed by atoms with Gasteiger partial charge in [-0.1, -0.05) is 24.3 Å². The molecule has 0 saturated heterocycles. The molecule has 3 N–H and O–H groups in total. The monoisotopic (exact) mass is 338 g/mol. The van der Waals surface area contributed by atoms with E-state index >= 15 is 0 Å². The van der Waals surface area contributed by atoms with Crippen molar-refractivity contribution in [3.05, 3.63) is 59.3 Å². The van der Waals surface area contributed by atoms with Crippen molar-refractivity contribution in [2.45, 2.75) is 13.8 Å². The number of fused-ring (bicyclic) bond motifs is 1. The molecule has 128 valence electrons. The number of nitrogens with one attached hydrogen (secondary N) is 3. The van der Waals surface area contributed by atoms with E-state index < -0.39 is 11.8 Å². The summed E-state index contributed by atoms with van der Waals surface area (Å²) >= 11 is 0. The van der Waals surface area contributed by atoms with Crippen LogP contribution in [-0.2, 0) is 4.79 Å². The zero-order valence-corrected chi connectivity index (χ0v) is 13.9. The Kier molecular flexibility index (Phi) is 4.65. The van der Waals surface area contributed by atoms with Gasteiger partial charge in [-0.3, -0.25) is 25.5 Å². The molecule has 0 aliphatic rings. The van der Waals surface area contributed by atoms with Gasteiger partial charge < -0.3 is 4.74 Å². The van der Waals surface area contributed by atoms with Gasteiger partial charge in [-0.2, -0.15) is 5.10 Å². The second kappa shape index (κ2) is 7.04. The van der Waals surface area contributed by atoms with Crippen LogP contribution in [0.3, 0.4) is 0 Å². The molecule has 3 aromatic rings. The highest BCUT2D eigenvalue weighted by molar-refractivity contribution is 6.05. The predicted octanol–water partition coefficient (Wildman–Crippen LogP) is 2.02. The lowest BCUT2D eigenvalue weighted by molar-refractivity contribution is -0.123. The molecule has 2 aromatic carbocycles. The Labute approximate surface area is 144 Å². The van der Waals surface area contributed by atoms with Gasteiger partial charge in [-0.25, -0.2) is 0 Å². The second-order valence-electron chi connectivity index (χ2n) is 5.65.